The van der Waals surface area contributed by atoms with Gasteiger partial charge in [-0.25, -0.2) is 0 Å². The Labute approximate surface area is 109 Å². The Morgan fingerprint density at radius 1 is 0.889 bits per heavy atom. The molecule has 0 fully saturated rings. The molecule has 4 heteroatoms. The Hall–Kier alpha value is -1.94. The van der Waals surface area contributed by atoms with E-state index in [1.54, 1.807) is 12.2 Å². The molecule has 0 aromatic heterocycles. The largest absolute Gasteiger partial charge is 0.191 e. The molecule has 0 heterocycles. The van der Waals surface area contributed by atoms with Crippen molar-refractivity contribution in [2.45, 2.75) is 40.5 Å². The monoisotopic (exact) mass is 244 g/mol. The normalized spacial score (nSPS) is 13.1. The number of allylic oxidation sites excluding steroid dienone is 4. The van der Waals surface area contributed by atoms with Crippen molar-refractivity contribution >= 4 is 0 Å². The molecule has 0 aromatic carbocycles. The second-order valence-corrected chi connectivity index (χ2v) is 4.86. The molecular formula is C14H20N4. The van der Waals surface area contributed by atoms with Gasteiger partial charge >= 0.3 is 0 Å². The molecule has 0 bridgehead atoms. The van der Waals surface area contributed by atoms with Crippen LogP contribution in [0.3, 0.4) is 0 Å². The van der Waals surface area contributed by atoms with Crippen LogP contribution in [0.25, 0.3) is 0 Å². The van der Waals surface area contributed by atoms with Crippen molar-refractivity contribution in [1.82, 2.24) is 0 Å². The first-order chi connectivity index (χ1) is 8.49. The number of nitriles is 2. The Balaban J connectivity index is 4.68. The average molecular weight is 244 g/mol. The van der Waals surface area contributed by atoms with Crippen LogP contribution in [0.1, 0.15) is 40.5 Å². The number of hydrogen-bond donors (Lipinski definition) is 0. The highest BCUT2D eigenvalue weighted by Gasteiger charge is 1.97. The number of nitrogens with zero attached hydrogens (tertiary/aromatic N) is 4. The van der Waals surface area contributed by atoms with E-state index < -0.39 is 0 Å². The molecule has 0 spiro atoms. The molecule has 0 aliphatic carbocycles. The Bertz CT molecular complexity index is 374. The van der Waals surface area contributed by atoms with Crippen molar-refractivity contribution in [2.24, 2.45) is 22.1 Å². The molecule has 0 aromatic rings. The maximum atomic E-state index is 8.87. The quantitative estimate of drug-likeness (QED) is 0.514. The minimum Gasteiger partial charge on any atom is -0.191 e. The van der Waals surface area contributed by atoms with Crippen LogP contribution in [0.15, 0.2) is 33.8 Å². The SMILES string of the molecule is CC(C)CC=C(C#N)N=NC(C#N)=CCC(C)C. The van der Waals surface area contributed by atoms with Gasteiger partial charge in [-0.1, -0.05) is 27.7 Å². The lowest BCUT2D eigenvalue weighted by atomic mass is 10.1. The minimum absolute atomic E-state index is 0.259. The van der Waals surface area contributed by atoms with E-state index in [-0.39, 0.29) is 11.4 Å². The molecule has 0 N–H and O–H groups in total. The molecule has 0 saturated carbocycles. The lowest BCUT2D eigenvalue weighted by Gasteiger charge is -1.97. The van der Waals surface area contributed by atoms with E-state index in [9.17, 15) is 0 Å². The van der Waals surface area contributed by atoms with Crippen LogP contribution in [0.2, 0.25) is 0 Å². The summed E-state index contributed by atoms with van der Waals surface area (Å²) in [5.74, 6) is 0.936. The summed E-state index contributed by atoms with van der Waals surface area (Å²) in [6.45, 7) is 8.25. The van der Waals surface area contributed by atoms with E-state index in [1.165, 1.54) is 0 Å². The molecule has 0 saturated heterocycles. The third-order valence-electron chi connectivity index (χ3n) is 2.06. The highest BCUT2D eigenvalue weighted by atomic mass is 15.1. The Morgan fingerprint density at radius 2 is 1.22 bits per heavy atom. The van der Waals surface area contributed by atoms with Gasteiger partial charge in [0.2, 0.25) is 0 Å². The summed E-state index contributed by atoms with van der Waals surface area (Å²) in [4.78, 5) is 0. The molecule has 0 aliphatic rings. The molecule has 0 amide bonds. The molecular weight excluding hydrogens is 224 g/mol. The van der Waals surface area contributed by atoms with E-state index in [0.29, 0.717) is 11.8 Å². The zero-order chi connectivity index (χ0) is 14.0. The van der Waals surface area contributed by atoms with Gasteiger partial charge in [-0.15, -0.1) is 10.2 Å². The van der Waals surface area contributed by atoms with Gasteiger partial charge in [0.1, 0.15) is 12.1 Å². The van der Waals surface area contributed by atoms with Gasteiger partial charge in [-0.05, 0) is 36.8 Å². The number of azo groups is 1. The zero-order valence-corrected chi connectivity index (χ0v) is 11.5. The maximum absolute atomic E-state index is 8.87. The van der Waals surface area contributed by atoms with Gasteiger partial charge in [0.25, 0.3) is 0 Å². The van der Waals surface area contributed by atoms with Crippen LogP contribution in [0.5, 0.6) is 0 Å². The summed E-state index contributed by atoms with van der Waals surface area (Å²) in [6.07, 6.45) is 5.04. The molecule has 0 aliphatic heterocycles. The first-order valence-corrected chi connectivity index (χ1v) is 6.11. The number of rotatable bonds is 6. The maximum Gasteiger partial charge on any atom is 0.159 e. The third kappa shape index (κ3) is 8.24. The topological polar surface area (TPSA) is 72.3 Å². The fourth-order valence-electron chi connectivity index (χ4n) is 1.02. The van der Waals surface area contributed by atoms with Crippen molar-refractivity contribution in [3.63, 3.8) is 0 Å². The van der Waals surface area contributed by atoms with Gasteiger partial charge < -0.3 is 0 Å². The average Bonchev–Trinajstić information content (AvgIpc) is 2.32. The van der Waals surface area contributed by atoms with Gasteiger partial charge in [-0.3, -0.25) is 0 Å². The summed E-state index contributed by atoms with van der Waals surface area (Å²) in [6, 6.07) is 3.93. The van der Waals surface area contributed by atoms with Crippen LogP contribution < -0.4 is 0 Å². The predicted octanol–water partition coefficient (Wildman–Crippen LogP) is 4.35. The second kappa shape index (κ2) is 9.13. The van der Waals surface area contributed by atoms with Crippen LogP contribution in [-0.2, 0) is 0 Å². The molecule has 0 unspecified atom stereocenters. The third-order valence-corrected chi connectivity index (χ3v) is 2.06. The Morgan fingerprint density at radius 3 is 1.44 bits per heavy atom. The van der Waals surface area contributed by atoms with Gasteiger partial charge in [0.15, 0.2) is 11.4 Å². The van der Waals surface area contributed by atoms with Gasteiger partial charge in [-0.2, -0.15) is 10.5 Å². The van der Waals surface area contributed by atoms with E-state index in [2.05, 4.69) is 37.9 Å². The van der Waals surface area contributed by atoms with E-state index >= 15 is 0 Å². The molecule has 4 nitrogen and oxygen atoms in total. The first-order valence-electron chi connectivity index (χ1n) is 6.11. The van der Waals surface area contributed by atoms with E-state index in [0.717, 1.165) is 12.8 Å². The lowest BCUT2D eigenvalue weighted by Crippen LogP contribution is -1.85. The standard InChI is InChI=1S/C14H20N4/c1-11(2)5-7-13(9-15)17-18-14(10-16)8-6-12(3)4/h7-8,11-12H,5-6H2,1-4H3. The highest BCUT2D eigenvalue weighted by Crippen LogP contribution is 2.09. The summed E-state index contributed by atoms with van der Waals surface area (Å²) in [7, 11) is 0. The van der Waals surface area contributed by atoms with Gasteiger partial charge in [0, 0.05) is 0 Å². The summed E-state index contributed by atoms with van der Waals surface area (Å²) >= 11 is 0. The fraction of sp³-hybridized carbons (Fsp3) is 0.571. The predicted molar refractivity (Wildman–Crippen MR) is 71.2 cm³/mol. The number of hydrogen-bond acceptors (Lipinski definition) is 4. The first kappa shape index (κ1) is 16.1. The zero-order valence-electron chi connectivity index (χ0n) is 11.5. The molecule has 0 radical (unpaired) electrons. The van der Waals surface area contributed by atoms with Crippen molar-refractivity contribution in [3.8, 4) is 12.1 Å². The highest BCUT2D eigenvalue weighted by molar-refractivity contribution is 5.22. The summed E-state index contributed by atoms with van der Waals surface area (Å²) in [5.41, 5.74) is 0.517. The molecule has 0 rings (SSSR count). The lowest BCUT2D eigenvalue weighted by molar-refractivity contribution is 0.660. The fourth-order valence-corrected chi connectivity index (χ4v) is 1.02. The molecule has 18 heavy (non-hydrogen) atoms. The van der Waals surface area contributed by atoms with Crippen molar-refractivity contribution in [3.05, 3.63) is 23.5 Å². The van der Waals surface area contributed by atoms with Crippen LogP contribution >= 0.6 is 0 Å². The van der Waals surface area contributed by atoms with Crippen molar-refractivity contribution in [2.75, 3.05) is 0 Å². The van der Waals surface area contributed by atoms with Crippen molar-refractivity contribution in [1.29, 1.82) is 10.5 Å². The molecule has 96 valence electrons. The van der Waals surface area contributed by atoms with Crippen LogP contribution in [0.4, 0.5) is 0 Å². The summed E-state index contributed by atoms with van der Waals surface area (Å²) < 4.78 is 0. The van der Waals surface area contributed by atoms with Crippen molar-refractivity contribution < 1.29 is 0 Å². The van der Waals surface area contributed by atoms with Crippen LogP contribution in [-0.4, -0.2) is 0 Å². The Kier molecular flexibility index (Phi) is 8.14. The minimum atomic E-state index is 0.259. The molecule has 0 atom stereocenters. The van der Waals surface area contributed by atoms with Crippen LogP contribution in [0, 0.1) is 34.5 Å². The van der Waals surface area contributed by atoms with E-state index in [4.69, 9.17) is 10.5 Å². The van der Waals surface area contributed by atoms with Gasteiger partial charge in [0.05, 0.1) is 0 Å². The summed E-state index contributed by atoms with van der Waals surface area (Å²) in [5, 5.41) is 25.3. The second-order valence-electron chi connectivity index (χ2n) is 4.86. The smallest absolute Gasteiger partial charge is 0.159 e. The van der Waals surface area contributed by atoms with E-state index in [1.807, 2.05) is 12.1 Å².